The largest absolute Gasteiger partial charge is 0.393 e. The summed E-state index contributed by atoms with van der Waals surface area (Å²) in [6, 6.07) is 0. The third-order valence-electron chi connectivity index (χ3n) is 8.71. The second-order valence-corrected chi connectivity index (χ2v) is 9.34. The summed E-state index contributed by atoms with van der Waals surface area (Å²) in [6.45, 7) is 8.70. The summed E-state index contributed by atoms with van der Waals surface area (Å²) in [5.41, 5.74) is 4.67. The van der Waals surface area contributed by atoms with E-state index in [0.717, 1.165) is 36.7 Å². The molecule has 23 heavy (non-hydrogen) atoms. The Morgan fingerprint density at radius 3 is 2.35 bits per heavy atom. The van der Waals surface area contributed by atoms with Crippen LogP contribution in [0.25, 0.3) is 0 Å². The van der Waals surface area contributed by atoms with Crippen molar-refractivity contribution >= 4 is 0 Å². The molecule has 4 rings (SSSR count). The Morgan fingerprint density at radius 2 is 1.61 bits per heavy atom. The van der Waals surface area contributed by atoms with Crippen LogP contribution in [0, 0.1) is 34.5 Å². The number of rotatable bonds is 0. The summed E-state index contributed by atoms with van der Waals surface area (Å²) in [7, 11) is 0. The molecule has 0 heterocycles. The van der Waals surface area contributed by atoms with E-state index in [-0.39, 0.29) is 17.6 Å². The molecule has 2 nitrogen and oxygen atoms in total. The first-order chi connectivity index (χ1) is 10.9. The van der Waals surface area contributed by atoms with Crippen LogP contribution in [0.3, 0.4) is 0 Å². The Morgan fingerprint density at radius 1 is 0.913 bits per heavy atom. The fraction of sp³-hybridized carbons (Fsp3) is 0.857. The molecule has 0 aromatic carbocycles. The van der Waals surface area contributed by atoms with E-state index in [2.05, 4.69) is 26.2 Å². The Balaban J connectivity index is 1.68. The zero-order valence-electron chi connectivity index (χ0n) is 14.7. The summed E-state index contributed by atoms with van der Waals surface area (Å²) in [5, 5.41) is 20.9. The summed E-state index contributed by atoms with van der Waals surface area (Å²) in [4.78, 5) is 0. The Bertz CT molecular complexity index is 548. The van der Waals surface area contributed by atoms with Gasteiger partial charge in [-0.3, -0.25) is 0 Å². The number of fused-ring (bicyclic) bond motifs is 5. The van der Waals surface area contributed by atoms with E-state index in [1.165, 1.54) is 32.1 Å². The van der Waals surface area contributed by atoms with Crippen molar-refractivity contribution in [2.24, 2.45) is 34.5 Å². The highest BCUT2D eigenvalue weighted by Gasteiger charge is 2.60. The molecular formula is C21H32O2. The molecule has 2 N–H and O–H groups in total. The molecule has 0 bridgehead atoms. The number of hydrogen-bond donors (Lipinski definition) is 2. The number of aliphatic hydroxyl groups excluding tert-OH is 2. The second-order valence-electron chi connectivity index (χ2n) is 9.34. The summed E-state index contributed by atoms with van der Waals surface area (Å²) < 4.78 is 0. The summed E-state index contributed by atoms with van der Waals surface area (Å²) in [6.07, 6.45) is 8.69. The average Bonchev–Trinajstić information content (AvgIpc) is 2.83. The fourth-order valence-corrected chi connectivity index (χ4v) is 7.38. The maximum atomic E-state index is 10.5. The van der Waals surface area contributed by atoms with Gasteiger partial charge in [-0.25, -0.2) is 0 Å². The predicted molar refractivity (Wildman–Crippen MR) is 91.8 cm³/mol. The van der Waals surface area contributed by atoms with Crippen molar-refractivity contribution in [2.75, 3.05) is 0 Å². The van der Waals surface area contributed by atoms with Gasteiger partial charge in [-0.1, -0.05) is 20.4 Å². The molecule has 4 aliphatic rings. The molecule has 0 unspecified atom stereocenters. The summed E-state index contributed by atoms with van der Waals surface area (Å²) >= 11 is 0. The predicted octanol–water partition coefficient (Wildman–Crippen LogP) is 4.07. The quantitative estimate of drug-likeness (QED) is 0.661. The van der Waals surface area contributed by atoms with Crippen LogP contribution in [0.5, 0.6) is 0 Å². The van der Waals surface area contributed by atoms with E-state index in [0.29, 0.717) is 17.3 Å². The highest BCUT2D eigenvalue weighted by molar-refractivity contribution is 5.22. The lowest BCUT2D eigenvalue weighted by Gasteiger charge is -2.60. The van der Waals surface area contributed by atoms with Crippen LogP contribution in [-0.2, 0) is 0 Å². The first-order valence-electron chi connectivity index (χ1n) is 9.68. The van der Waals surface area contributed by atoms with E-state index in [1.54, 1.807) is 0 Å². The lowest BCUT2D eigenvalue weighted by molar-refractivity contribution is -0.117. The van der Waals surface area contributed by atoms with Crippen molar-refractivity contribution in [1.29, 1.82) is 0 Å². The third kappa shape index (κ3) is 2.01. The van der Waals surface area contributed by atoms with Gasteiger partial charge in [0.2, 0.25) is 0 Å². The molecule has 0 aliphatic heterocycles. The molecule has 4 aliphatic carbocycles. The highest BCUT2D eigenvalue weighted by Crippen LogP contribution is 2.66. The number of aliphatic hydroxyl groups is 2. The third-order valence-corrected chi connectivity index (χ3v) is 8.71. The minimum Gasteiger partial charge on any atom is -0.393 e. The standard InChI is InChI=1S/C21H32O2/c1-4-13-15-6-5-14-16-7-8-19(23)21(16,3)11-9-17(14)20(15,2)12-10-18(13)22/h14-19,22-23H,1,5-12H2,2-3H3/t14-,15-,16-,17-,18-,19-,20-,21-/m0/s1. The van der Waals surface area contributed by atoms with E-state index in [1.807, 2.05) is 0 Å². The van der Waals surface area contributed by atoms with Crippen molar-refractivity contribution in [3.8, 4) is 0 Å². The van der Waals surface area contributed by atoms with Gasteiger partial charge >= 0.3 is 0 Å². The smallest absolute Gasteiger partial charge is 0.0826 e. The van der Waals surface area contributed by atoms with Gasteiger partial charge in [-0.15, -0.1) is 5.73 Å². The maximum Gasteiger partial charge on any atom is 0.0826 e. The van der Waals surface area contributed by atoms with Crippen LogP contribution in [0.15, 0.2) is 17.9 Å². The molecular weight excluding hydrogens is 284 g/mol. The number of hydrogen-bond acceptors (Lipinski definition) is 2. The van der Waals surface area contributed by atoms with Gasteiger partial charge in [0.1, 0.15) is 0 Å². The Kier molecular flexibility index (Phi) is 3.61. The average molecular weight is 316 g/mol. The van der Waals surface area contributed by atoms with Gasteiger partial charge in [0.25, 0.3) is 0 Å². The lowest BCUT2D eigenvalue weighted by Crippen LogP contribution is -2.55. The van der Waals surface area contributed by atoms with Crippen molar-refractivity contribution in [1.82, 2.24) is 0 Å². The zero-order valence-corrected chi connectivity index (χ0v) is 14.7. The lowest BCUT2D eigenvalue weighted by atomic mass is 9.44. The molecule has 2 heteroatoms. The minimum absolute atomic E-state index is 0.0872. The van der Waals surface area contributed by atoms with Gasteiger partial charge in [0.05, 0.1) is 12.2 Å². The fourth-order valence-electron chi connectivity index (χ4n) is 7.38. The second kappa shape index (κ2) is 5.22. The van der Waals surface area contributed by atoms with Crippen LogP contribution in [0.2, 0.25) is 0 Å². The Labute approximate surface area is 140 Å². The van der Waals surface area contributed by atoms with Crippen molar-refractivity contribution in [3.05, 3.63) is 17.9 Å². The van der Waals surface area contributed by atoms with Gasteiger partial charge in [-0.2, -0.15) is 0 Å². The van der Waals surface area contributed by atoms with Crippen LogP contribution in [0.4, 0.5) is 0 Å². The topological polar surface area (TPSA) is 40.5 Å². The molecule has 8 atom stereocenters. The van der Waals surface area contributed by atoms with Crippen molar-refractivity contribution < 1.29 is 10.2 Å². The van der Waals surface area contributed by atoms with Gasteiger partial charge < -0.3 is 10.2 Å². The van der Waals surface area contributed by atoms with E-state index in [9.17, 15) is 10.2 Å². The van der Waals surface area contributed by atoms with Crippen LogP contribution < -0.4 is 0 Å². The summed E-state index contributed by atoms with van der Waals surface area (Å²) in [5.74, 6) is 2.70. The van der Waals surface area contributed by atoms with Crippen molar-refractivity contribution in [2.45, 2.75) is 77.4 Å². The van der Waals surface area contributed by atoms with E-state index in [4.69, 9.17) is 0 Å². The molecule has 0 aromatic heterocycles. The van der Waals surface area contributed by atoms with Gasteiger partial charge in [0.15, 0.2) is 0 Å². The molecule has 4 fully saturated rings. The molecule has 4 saturated carbocycles. The zero-order chi connectivity index (χ0) is 16.4. The molecule has 0 amide bonds. The normalized spacial score (nSPS) is 55.6. The van der Waals surface area contributed by atoms with Crippen LogP contribution >= 0.6 is 0 Å². The Hall–Kier alpha value is -0.560. The minimum atomic E-state index is -0.315. The van der Waals surface area contributed by atoms with E-state index < -0.39 is 0 Å². The van der Waals surface area contributed by atoms with Gasteiger partial charge in [-0.05, 0) is 85.9 Å². The monoisotopic (exact) mass is 316 g/mol. The molecule has 0 saturated heterocycles. The van der Waals surface area contributed by atoms with Crippen molar-refractivity contribution in [3.63, 3.8) is 0 Å². The first-order valence-corrected chi connectivity index (χ1v) is 9.68. The highest BCUT2D eigenvalue weighted by atomic mass is 16.3. The maximum absolute atomic E-state index is 10.5. The molecule has 0 spiro atoms. The van der Waals surface area contributed by atoms with Gasteiger partial charge in [0, 0.05) is 5.57 Å². The molecule has 0 aromatic rings. The SMILES string of the molecule is C=C=C1[C@@H](O)CC[C@@]2(C)[C@H]1CC[C@@H]1[C@@H]2CC[C@]2(C)[C@@H](O)CC[C@@H]12. The first kappa shape index (κ1) is 15.9. The van der Waals surface area contributed by atoms with Crippen LogP contribution in [-0.4, -0.2) is 22.4 Å². The molecule has 0 radical (unpaired) electrons. The molecule has 128 valence electrons. The van der Waals surface area contributed by atoms with Crippen LogP contribution in [0.1, 0.15) is 65.2 Å². The van der Waals surface area contributed by atoms with E-state index >= 15 is 0 Å².